The van der Waals surface area contributed by atoms with Crippen LogP contribution in [-0.4, -0.2) is 55.3 Å². The van der Waals surface area contributed by atoms with E-state index in [1.54, 1.807) is 6.92 Å². The summed E-state index contributed by atoms with van der Waals surface area (Å²) in [6.07, 6.45) is 1.36. The van der Waals surface area contributed by atoms with Gasteiger partial charge < -0.3 is 10.2 Å². The standard InChI is InChI=1S/C12H16FN3O3S/c1-2-14-11-10(13)9(3-4-15-11)12(17)16-5-7-20(18,19)8-6-16/h3-4H,2,5-8H2,1H3,(H,14,15). The van der Waals surface area contributed by atoms with Crippen LogP contribution in [0, 0.1) is 5.82 Å². The van der Waals surface area contributed by atoms with Gasteiger partial charge in [-0.3, -0.25) is 4.79 Å². The molecule has 0 saturated carbocycles. The molecule has 8 heteroatoms. The van der Waals surface area contributed by atoms with Crippen LogP contribution in [0.2, 0.25) is 0 Å². The summed E-state index contributed by atoms with van der Waals surface area (Å²) in [5.41, 5.74) is -0.0877. The van der Waals surface area contributed by atoms with E-state index in [1.165, 1.54) is 17.2 Å². The van der Waals surface area contributed by atoms with Crippen molar-refractivity contribution in [3.63, 3.8) is 0 Å². The van der Waals surface area contributed by atoms with Gasteiger partial charge in [0.2, 0.25) is 0 Å². The minimum Gasteiger partial charge on any atom is -0.368 e. The van der Waals surface area contributed by atoms with E-state index in [2.05, 4.69) is 10.3 Å². The second-order valence-electron chi connectivity index (χ2n) is 4.50. The van der Waals surface area contributed by atoms with Gasteiger partial charge in [-0.15, -0.1) is 0 Å². The number of halogens is 1. The van der Waals surface area contributed by atoms with Crippen LogP contribution >= 0.6 is 0 Å². The second-order valence-corrected chi connectivity index (χ2v) is 6.80. The molecule has 0 aliphatic carbocycles. The van der Waals surface area contributed by atoms with Crippen molar-refractivity contribution in [3.05, 3.63) is 23.6 Å². The number of pyridine rings is 1. The number of aromatic nitrogens is 1. The van der Waals surface area contributed by atoms with Gasteiger partial charge in [0, 0.05) is 25.8 Å². The lowest BCUT2D eigenvalue weighted by atomic mass is 10.2. The maximum absolute atomic E-state index is 14.1. The second kappa shape index (κ2) is 5.74. The first-order valence-corrected chi connectivity index (χ1v) is 8.15. The number of hydrogen-bond donors (Lipinski definition) is 1. The minimum atomic E-state index is -3.07. The van der Waals surface area contributed by atoms with Crippen molar-refractivity contribution in [2.45, 2.75) is 6.92 Å². The Hall–Kier alpha value is -1.70. The van der Waals surface area contributed by atoms with Gasteiger partial charge in [0.25, 0.3) is 5.91 Å². The molecule has 0 bridgehead atoms. The predicted molar refractivity (Wildman–Crippen MR) is 72.9 cm³/mol. The molecule has 0 unspecified atom stereocenters. The van der Waals surface area contributed by atoms with Gasteiger partial charge in [-0.25, -0.2) is 17.8 Å². The van der Waals surface area contributed by atoms with E-state index in [1.807, 2.05) is 0 Å². The van der Waals surface area contributed by atoms with Crippen molar-refractivity contribution < 1.29 is 17.6 Å². The summed E-state index contributed by atoms with van der Waals surface area (Å²) < 4.78 is 36.8. The molecule has 0 atom stereocenters. The molecule has 1 saturated heterocycles. The summed E-state index contributed by atoms with van der Waals surface area (Å²) in [6, 6.07) is 1.31. The molecule has 6 nitrogen and oxygen atoms in total. The Labute approximate surface area is 116 Å². The number of amides is 1. The number of nitrogens with zero attached hydrogens (tertiary/aromatic N) is 2. The third kappa shape index (κ3) is 3.06. The zero-order valence-electron chi connectivity index (χ0n) is 11.1. The highest BCUT2D eigenvalue weighted by Gasteiger charge is 2.27. The first-order valence-electron chi connectivity index (χ1n) is 6.32. The number of rotatable bonds is 3. The highest BCUT2D eigenvalue weighted by atomic mass is 32.2. The maximum atomic E-state index is 14.1. The topological polar surface area (TPSA) is 79.4 Å². The molecular weight excluding hydrogens is 285 g/mol. The van der Waals surface area contributed by atoms with E-state index < -0.39 is 21.6 Å². The normalized spacial score (nSPS) is 17.8. The van der Waals surface area contributed by atoms with Crippen molar-refractivity contribution >= 4 is 21.6 Å². The van der Waals surface area contributed by atoms with Gasteiger partial charge in [-0.2, -0.15) is 0 Å². The van der Waals surface area contributed by atoms with Crippen LogP contribution in [0.1, 0.15) is 17.3 Å². The number of hydrogen-bond acceptors (Lipinski definition) is 5. The molecule has 2 heterocycles. The van der Waals surface area contributed by atoms with Crippen molar-refractivity contribution in [1.29, 1.82) is 0 Å². The van der Waals surface area contributed by atoms with Crippen LogP contribution in [-0.2, 0) is 9.84 Å². The molecule has 1 N–H and O–H groups in total. The third-order valence-electron chi connectivity index (χ3n) is 3.10. The summed E-state index contributed by atoms with van der Waals surface area (Å²) in [6.45, 7) is 2.48. The van der Waals surface area contributed by atoms with Crippen LogP contribution in [0.15, 0.2) is 12.3 Å². The molecule has 0 radical (unpaired) electrons. The third-order valence-corrected chi connectivity index (χ3v) is 4.70. The smallest absolute Gasteiger partial charge is 0.257 e. The lowest BCUT2D eigenvalue weighted by molar-refractivity contribution is 0.0765. The van der Waals surface area contributed by atoms with Crippen molar-refractivity contribution in [2.24, 2.45) is 0 Å². The zero-order chi connectivity index (χ0) is 14.8. The van der Waals surface area contributed by atoms with E-state index in [0.29, 0.717) is 6.54 Å². The van der Waals surface area contributed by atoms with Crippen LogP contribution < -0.4 is 5.32 Å². The summed E-state index contributed by atoms with van der Waals surface area (Å²) in [5.74, 6) is -1.33. The Bertz CT molecular complexity index is 604. The fourth-order valence-corrected chi connectivity index (χ4v) is 3.19. The lowest BCUT2D eigenvalue weighted by Crippen LogP contribution is -2.44. The highest BCUT2D eigenvalue weighted by molar-refractivity contribution is 7.91. The van der Waals surface area contributed by atoms with Gasteiger partial charge in [-0.05, 0) is 13.0 Å². The zero-order valence-corrected chi connectivity index (χ0v) is 11.9. The number of carbonyl (C=O) groups excluding carboxylic acids is 1. The van der Waals surface area contributed by atoms with E-state index in [9.17, 15) is 17.6 Å². The average Bonchev–Trinajstić information content (AvgIpc) is 2.41. The molecule has 0 aromatic carbocycles. The quantitative estimate of drug-likeness (QED) is 0.880. The summed E-state index contributed by atoms with van der Waals surface area (Å²) in [5, 5.41) is 2.73. The van der Waals surface area contributed by atoms with Gasteiger partial charge in [0.1, 0.15) is 0 Å². The molecular formula is C12H16FN3O3S. The largest absolute Gasteiger partial charge is 0.368 e. The average molecular weight is 301 g/mol. The Balaban J connectivity index is 2.20. The van der Waals surface area contributed by atoms with Crippen LogP contribution in [0.5, 0.6) is 0 Å². The van der Waals surface area contributed by atoms with Crippen molar-refractivity contribution in [1.82, 2.24) is 9.88 Å². The van der Waals surface area contributed by atoms with E-state index in [4.69, 9.17) is 0 Å². The maximum Gasteiger partial charge on any atom is 0.257 e. The van der Waals surface area contributed by atoms with Gasteiger partial charge >= 0.3 is 0 Å². The molecule has 1 aliphatic rings. The molecule has 110 valence electrons. The molecule has 0 spiro atoms. The number of anilines is 1. The molecule has 1 aromatic heterocycles. The fourth-order valence-electron chi connectivity index (χ4n) is 1.99. The Morgan fingerprint density at radius 1 is 1.45 bits per heavy atom. The Morgan fingerprint density at radius 3 is 2.70 bits per heavy atom. The minimum absolute atomic E-state index is 0.0305. The highest BCUT2D eigenvalue weighted by Crippen LogP contribution is 2.18. The summed E-state index contributed by atoms with van der Waals surface area (Å²) in [4.78, 5) is 17.4. The number of sulfone groups is 1. The molecule has 1 amide bonds. The SMILES string of the molecule is CCNc1nccc(C(=O)N2CCS(=O)(=O)CC2)c1F. The lowest BCUT2D eigenvalue weighted by Gasteiger charge is -2.27. The summed E-state index contributed by atoms with van der Waals surface area (Å²) in [7, 11) is -3.07. The molecule has 1 aromatic rings. The number of carbonyl (C=O) groups is 1. The van der Waals surface area contributed by atoms with E-state index in [-0.39, 0.29) is 36.0 Å². The van der Waals surface area contributed by atoms with Crippen molar-refractivity contribution in [2.75, 3.05) is 36.5 Å². The van der Waals surface area contributed by atoms with Crippen molar-refractivity contribution in [3.8, 4) is 0 Å². The van der Waals surface area contributed by atoms with Crippen LogP contribution in [0.25, 0.3) is 0 Å². The summed E-state index contributed by atoms with van der Waals surface area (Å²) >= 11 is 0. The van der Waals surface area contributed by atoms with Gasteiger partial charge in [0.15, 0.2) is 21.5 Å². The Kier molecular flexibility index (Phi) is 4.22. The van der Waals surface area contributed by atoms with Gasteiger partial charge in [0.05, 0.1) is 17.1 Å². The fraction of sp³-hybridized carbons (Fsp3) is 0.500. The van der Waals surface area contributed by atoms with E-state index in [0.717, 1.165) is 0 Å². The number of nitrogens with one attached hydrogen (secondary N) is 1. The van der Waals surface area contributed by atoms with Crippen LogP contribution in [0.3, 0.4) is 0 Å². The van der Waals surface area contributed by atoms with Gasteiger partial charge in [-0.1, -0.05) is 0 Å². The first-order chi connectivity index (χ1) is 9.44. The molecule has 1 fully saturated rings. The Morgan fingerprint density at radius 2 is 2.10 bits per heavy atom. The molecule has 20 heavy (non-hydrogen) atoms. The molecule has 1 aliphatic heterocycles. The predicted octanol–water partition coefficient (Wildman–Crippen LogP) is 0.523. The monoisotopic (exact) mass is 301 g/mol. The van der Waals surface area contributed by atoms with E-state index >= 15 is 0 Å². The first kappa shape index (κ1) is 14.7. The van der Waals surface area contributed by atoms with Crippen LogP contribution in [0.4, 0.5) is 10.2 Å². The molecule has 2 rings (SSSR count).